The minimum atomic E-state index is -0.232. The average Bonchev–Trinajstić information content (AvgIpc) is 2.61. The molecule has 0 fully saturated rings. The second-order valence-electron chi connectivity index (χ2n) is 5.87. The molecule has 0 aliphatic heterocycles. The minimum absolute atomic E-state index is 0.0159. The van der Waals surface area contributed by atoms with Gasteiger partial charge in [-0.3, -0.25) is 9.59 Å². The van der Waals surface area contributed by atoms with Gasteiger partial charge >= 0.3 is 0 Å². The van der Waals surface area contributed by atoms with Crippen LogP contribution in [0.25, 0.3) is 0 Å². The van der Waals surface area contributed by atoms with Crippen LogP contribution in [0.1, 0.15) is 40.7 Å². The summed E-state index contributed by atoms with van der Waals surface area (Å²) in [6, 6.07) is 17.4. The van der Waals surface area contributed by atoms with Crippen molar-refractivity contribution in [1.29, 1.82) is 0 Å². The van der Waals surface area contributed by atoms with E-state index in [4.69, 9.17) is 0 Å². The Bertz CT molecular complexity index is 683. The average molecular weight is 324 g/mol. The summed E-state index contributed by atoms with van der Waals surface area (Å²) in [4.78, 5) is 24.0. The van der Waals surface area contributed by atoms with Gasteiger partial charge in [0.25, 0.3) is 5.91 Å². The Labute approximate surface area is 143 Å². The molecule has 2 amide bonds. The topological polar surface area (TPSA) is 58.2 Å². The highest BCUT2D eigenvalue weighted by Crippen LogP contribution is 2.17. The maximum Gasteiger partial charge on any atom is 0.251 e. The molecule has 126 valence electrons. The van der Waals surface area contributed by atoms with Gasteiger partial charge in [-0.1, -0.05) is 55.0 Å². The number of carbonyl (C=O) groups is 2. The lowest BCUT2D eigenvalue weighted by atomic mass is 9.96. The van der Waals surface area contributed by atoms with Crippen molar-refractivity contribution in [1.82, 2.24) is 10.6 Å². The van der Waals surface area contributed by atoms with Crippen LogP contribution in [0, 0.1) is 6.92 Å². The molecule has 24 heavy (non-hydrogen) atoms. The van der Waals surface area contributed by atoms with Crippen molar-refractivity contribution in [3.63, 3.8) is 0 Å². The van der Waals surface area contributed by atoms with Gasteiger partial charge in [0, 0.05) is 18.0 Å². The number of benzene rings is 2. The lowest BCUT2D eigenvalue weighted by Crippen LogP contribution is -2.38. The van der Waals surface area contributed by atoms with Crippen LogP contribution in [0.2, 0.25) is 0 Å². The van der Waals surface area contributed by atoms with Gasteiger partial charge in [0.1, 0.15) is 0 Å². The first kappa shape index (κ1) is 17.7. The van der Waals surface area contributed by atoms with Crippen LogP contribution < -0.4 is 10.6 Å². The highest BCUT2D eigenvalue weighted by Gasteiger charge is 2.12. The Balaban J connectivity index is 1.80. The fraction of sp³-hybridized carbons (Fsp3) is 0.300. The quantitative estimate of drug-likeness (QED) is 0.822. The van der Waals surface area contributed by atoms with Crippen molar-refractivity contribution in [3.8, 4) is 0 Å². The molecule has 4 nitrogen and oxygen atoms in total. The van der Waals surface area contributed by atoms with E-state index in [1.165, 1.54) is 5.56 Å². The van der Waals surface area contributed by atoms with Crippen LogP contribution in [-0.4, -0.2) is 24.9 Å². The molecule has 4 heteroatoms. The zero-order chi connectivity index (χ0) is 17.4. The molecule has 0 saturated carbocycles. The van der Waals surface area contributed by atoms with Gasteiger partial charge in [-0.05, 0) is 31.0 Å². The Morgan fingerprint density at radius 2 is 1.75 bits per heavy atom. The molecule has 0 aromatic heterocycles. The van der Waals surface area contributed by atoms with Crippen LogP contribution in [0.3, 0.4) is 0 Å². The summed E-state index contributed by atoms with van der Waals surface area (Å²) >= 11 is 0. The fourth-order valence-electron chi connectivity index (χ4n) is 2.57. The minimum Gasteiger partial charge on any atom is -0.354 e. The predicted octanol–water partition coefficient (Wildman–Crippen LogP) is 3.03. The van der Waals surface area contributed by atoms with Crippen molar-refractivity contribution in [2.75, 3.05) is 13.1 Å². The molecule has 0 aliphatic carbocycles. The first-order chi connectivity index (χ1) is 11.6. The van der Waals surface area contributed by atoms with Crippen molar-refractivity contribution in [3.05, 3.63) is 71.3 Å². The molecule has 0 saturated heterocycles. The van der Waals surface area contributed by atoms with E-state index in [1.807, 2.05) is 37.3 Å². The van der Waals surface area contributed by atoms with E-state index in [-0.39, 0.29) is 24.3 Å². The third-order valence-electron chi connectivity index (χ3n) is 4.00. The fourth-order valence-corrected chi connectivity index (χ4v) is 2.57. The second-order valence-corrected chi connectivity index (χ2v) is 5.87. The third kappa shape index (κ3) is 5.23. The van der Waals surface area contributed by atoms with Crippen molar-refractivity contribution in [2.45, 2.75) is 26.2 Å². The van der Waals surface area contributed by atoms with Gasteiger partial charge in [-0.2, -0.15) is 0 Å². The van der Waals surface area contributed by atoms with Crippen LogP contribution in [-0.2, 0) is 4.79 Å². The van der Waals surface area contributed by atoms with E-state index < -0.39 is 0 Å². The molecule has 0 aliphatic rings. The Kier molecular flexibility index (Phi) is 6.55. The van der Waals surface area contributed by atoms with E-state index in [0.29, 0.717) is 12.1 Å². The number of hydrogen-bond acceptors (Lipinski definition) is 2. The largest absolute Gasteiger partial charge is 0.354 e. The number of hydrogen-bond donors (Lipinski definition) is 2. The van der Waals surface area contributed by atoms with Gasteiger partial charge < -0.3 is 10.6 Å². The molecule has 2 aromatic carbocycles. The number of nitrogens with one attached hydrogen (secondary N) is 2. The van der Waals surface area contributed by atoms with E-state index in [2.05, 4.69) is 29.7 Å². The summed E-state index contributed by atoms with van der Waals surface area (Å²) in [5.41, 5.74) is 2.79. The molecule has 2 N–H and O–H groups in total. The summed E-state index contributed by atoms with van der Waals surface area (Å²) in [5.74, 6) is -0.128. The Morgan fingerprint density at radius 1 is 1.00 bits per heavy atom. The summed E-state index contributed by atoms with van der Waals surface area (Å²) in [6.45, 7) is 4.58. The van der Waals surface area contributed by atoms with E-state index in [1.54, 1.807) is 12.1 Å². The second kappa shape index (κ2) is 8.87. The molecule has 2 aromatic rings. The lowest BCUT2D eigenvalue weighted by molar-refractivity contribution is -0.120. The number of amides is 2. The Hall–Kier alpha value is -2.62. The number of aryl methyl sites for hydroxylation is 1. The van der Waals surface area contributed by atoms with Gasteiger partial charge in [-0.15, -0.1) is 0 Å². The summed E-state index contributed by atoms with van der Waals surface area (Å²) < 4.78 is 0. The van der Waals surface area contributed by atoms with E-state index in [0.717, 1.165) is 12.0 Å². The predicted molar refractivity (Wildman–Crippen MR) is 96.0 cm³/mol. The van der Waals surface area contributed by atoms with E-state index in [9.17, 15) is 9.59 Å². The normalized spacial score (nSPS) is 11.6. The monoisotopic (exact) mass is 324 g/mol. The van der Waals surface area contributed by atoms with Crippen LogP contribution >= 0.6 is 0 Å². The standard InChI is InChI=1S/C20H24N2O2/c1-3-16(17-9-5-4-6-10-17)13-21-19(23)14-22-20(24)18-11-7-8-15(2)12-18/h4-12,16H,3,13-14H2,1-2H3,(H,21,23)(H,22,24). The van der Waals surface area contributed by atoms with Crippen LogP contribution in [0.15, 0.2) is 54.6 Å². The summed E-state index contributed by atoms with van der Waals surface area (Å²) in [7, 11) is 0. The molecule has 1 atom stereocenters. The highest BCUT2D eigenvalue weighted by molar-refractivity contribution is 5.96. The van der Waals surface area contributed by atoms with Gasteiger partial charge in [0.05, 0.1) is 6.54 Å². The first-order valence-electron chi connectivity index (χ1n) is 8.26. The van der Waals surface area contributed by atoms with Gasteiger partial charge in [0.15, 0.2) is 0 Å². The highest BCUT2D eigenvalue weighted by atomic mass is 16.2. The maximum atomic E-state index is 12.0. The Morgan fingerprint density at radius 3 is 2.42 bits per heavy atom. The van der Waals surface area contributed by atoms with Gasteiger partial charge in [-0.25, -0.2) is 0 Å². The molecule has 0 bridgehead atoms. The molecule has 0 heterocycles. The molecule has 0 spiro atoms. The van der Waals surface area contributed by atoms with Crippen LogP contribution in [0.4, 0.5) is 0 Å². The zero-order valence-electron chi connectivity index (χ0n) is 14.2. The molecular formula is C20H24N2O2. The smallest absolute Gasteiger partial charge is 0.251 e. The molecular weight excluding hydrogens is 300 g/mol. The first-order valence-corrected chi connectivity index (χ1v) is 8.26. The van der Waals surface area contributed by atoms with Crippen molar-refractivity contribution < 1.29 is 9.59 Å². The number of rotatable bonds is 7. The van der Waals surface area contributed by atoms with E-state index >= 15 is 0 Å². The summed E-state index contributed by atoms with van der Waals surface area (Å²) in [6.07, 6.45) is 0.944. The van der Waals surface area contributed by atoms with Crippen molar-refractivity contribution >= 4 is 11.8 Å². The van der Waals surface area contributed by atoms with Gasteiger partial charge in [0.2, 0.25) is 5.91 Å². The zero-order valence-corrected chi connectivity index (χ0v) is 14.2. The molecule has 0 radical (unpaired) electrons. The van der Waals surface area contributed by atoms with Crippen LogP contribution in [0.5, 0.6) is 0 Å². The molecule has 2 rings (SSSR count). The summed E-state index contributed by atoms with van der Waals surface area (Å²) in [5, 5.41) is 5.55. The third-order valence-corrected chi connectivity index (χ3v) is 4.00. The SMILES string of the molecule is CCC(CNC(=O)CNC(=O)c1cccc(C)c1)c1ccccc1. The van der Waals surface area contributed by atoms with Crippen molar-refractivity contribution in [2.24, 2.45) is 0 Å². The number of carbonyl (C=O) groups excluding carboxylic acids is 2. The molecule has 1 unspecified atom stereocenters. The maximum absolute atomic E-state index is 12.0. The lowest BCUT2D eigenvalue weighted by Gasteiger charge is -2.16.